The standard InChI is InChI=1S/C10H22F2N2O/c1-3-10(13,8-15)5-4-6-14(2)7-9(11)12/h9,15H,3-8,13H2,1-2H3. The van der Waals surface area contributed by atoms with E-state index >= 15 is 0 Å². The van der Waals surface area contributed by atoms with Crippen molar-refractivity contribution in [1.82, 2.24) is 4.90 Å². The lowest BCUT2D eigenvalue weighted by molar-refractivity contribution is 0.0971. The van der Waals surface area contributed by atoms with Crippen LogP contribution in [0.1, 0.15) is 26.2 Å². The highest BCUT2D eigenvalue weighted by Crippen LogP contribution is 2.13. The van der Waals surface area contributed by atoms with E-state index in [0.717, 1.165) is 6.42 Å². The third-order valence-corrected chi connectivity index (χ3v) is 2.68. The summed E-state index contributed by atoms with van der Waals surface area (Å²) in [6, 6.07) is 0. The Labute approximate surface area is 90.2 Å². The van der Waals surface area contributed by atoms with Gasteiger partial charge in [0.05, 0.1) is 13.2 Å². The van der Waals surface area contributed by atoms with Gasteiger partial charge in [0.15, 0.2) is 0 Å². The van der Waals surface area contributed by atoms with Crippen molar-refractivity contribution in [2.45, 2.75) is 38.2 Å². The molecule has 0 bridgehead atoms. The van der Waals surface area contributed by atoms with Crippen LogP contribution in [0.2, 0.25) is 0 Å². The van der Waals surface area contributed by atoms with Crippen LogP contribution in [0.25, 0.3) is 0 Å². The molecular formula is C10H22F2N2O. The molecule has 1 atom stereocenters. The van der Waals surface area contributed by atoms with Crippen LogP contribution >= 0.6 is 0 Å². The Bertz CT molecular complexity index is 164. The van der Waals surface area contributed by atoms with Crippen molar-refractivity contribution in [3.05, 3.63) is 0 Å². The van der Waals surface area contributed by atoms with Crippen LogP contribution in [0.5, 0.6) is 0 Å². The summed E-state index contributed by atoms with van der Waals surface area (Å²) in [5, 5.41) is 9.04. The first-order chi connectivity index (χ1) is 6.93. The summed E-state index contributed by atoms with van der Waals surface area (Å²) >= 11 is 0. The molecule has 0 aromatic carbocycles. The number of hydrogen-bond donors (Lipinski definition) is 2. The molecule has 92 valence electrons. The highest BCUT2D eigenvalue weighted by Gasteiger charge is 2.21. The molecule has 3 nitrogen and oxygen atoms in total. The molecule has 0 aromatic rings. The average Bonchev–Trinajstić information content (AvgIpc) is 2.16. The topological polar surface area (TPSA) is 49.5 Å². The molecule has 0 fully saturated rings. The zero-order valence-electron chi connectivity index (χ0n) is 9.55. The van der Waals surface area contributed by atoms with Crippen LogP contribution in [0.3, 0.4) is 0 Å². The first-order valence-corrected chi connectivity index (χ1v) is 5.30. The van der Waals surface area contributed by atoms with Crippen molar-refractivity contribution in [2.24, 2.45) is 5.73 Å². The summed E-state index contributed by atoms with van der Waals surface area (Å²) in [4.78, 5) is 1.58. The summed E-state index contributed by atoms with van der Waals surface area (Å²) in [6.45, 7) is 2.24. The first-order valence-electron chi connectivity index (χ1n) is 5.30. The number of aliphatic hydroxyl groups excluding tert-OH is 1. The van der Waals surface area contributed by atoms with Gasteiger partial charge in [0.25, 0.3) is 6.43 Å². The van der Waals surface area contributed by atoms with Gasteiger partial charge in [-0.2, -0.15) is 0 Å². The van der Waals surface area contributed by atoms with Gasteiger partial charge in [-0.15, -0.1) is 0 Å². The predicted octanol–water partition coefficient (Wildman–Crippen LogP) is 1.06. The molecule has 0 saturated heterocycles. The van der Waals surface area contributed by atoms with E-state index < -0.39 is 12.0 Å². The third kappa shape index (κ3) is 6.76. The molecule has 3 N–H and O–H groups in total. The Morgan fingerprint density at radius 1 is 1.47 bits per heavy atom. The molecule has 0 heterocycles. The largest absolute Gasteiger partial charge is 0.394 e. The third-order valence-electron chi connectivity index (χ3n) is 2.68. The maximum absolute atomic E-state index is 12.0. The second-order valence-electron chi connectivity index (χ2n) is 4.13. The van der Waals surface area contributed by atoms with E-state index in [0.29, 0.717) is 19.4 Å². The fourth-order valence-corrected chi connectivity index (χ4v) is 1.40. The molecule has 0 aliphatic carbocycles. The SMILES string of the molecule is CCC(N)(CO)CCCN(C)CC(F)F. The number of halogens is 2. The van der Waals surface area contributed by atoms with Crippen molar-refractivity contribution < 1.29 is 13.9 Å². The van der Waals surface area contributed by atoms with Crippen molar-refractivity contribution in [3.63, 3.8) is 0 Å². The van der Waals surface area contributed by atoms with E-state index in [-0.39, 0.29) is 13.2 Å². The van der Waals surface area contributed by atoms with Crippen LogP contribution in [0.15, 0.2) is 0 Å². The molecule has 0 amide bonds. The highest BCUT2D eigenvalue weighted by molar-refractivity contribution is 4.81. The van der Waals surface area contributed by atoms with Gasteiger partial charge in [-0.25, -0.2) is 8.78 Å². The Morgan fingerprint density at radius 3 is 2.47 bits per heavy atom. The number of nitrogens with zero attached hydrogens (tertiary/aromatic N) is 1. The Morgan fingerprint density at radius 2 is 2.07 bits per heavy atom. The molecular weight excluding hydrogens is 202 g/mol. The number of rotatable bonds is 8. The monoisotopic (exact) mass is 224 g/mol. The minimum absolute atomic E-state index is 0.0535. The second-order valence-corrected chi connectivity index (χ2v) is 4.13. The van der Waals surface area contributed by atoms with E-state index in [1.165, 1.54) is 0 Å². The molecule has 1 unspecified atom stereocenters. The Hall–Kier alpha value is -0.260. The molecule has 0 aromatic heterocycles. The molecule has 0 saturated carbocycles. The molecule has 5 heteroatoms. The summed E-state index contributed by atoms with van der Waals surface area (Å²) in [5.41, 5.74) is 5.32. The van der Waals surface area contributed by atoms with Gasteiger partial charge in [0.1, 0.15) is 0 Å². The number of hydrogen-bond acceptors (Lipinski definition) is 3. The molecule has 0 aliphatic heterocycles. The van der Waals surface area contributed by atoms with Gasteiger partial charge in [0, 0.05) is 5.54 Å². The van der Waals surface area contributed by atoms with Crippen LogP contribution in [0.4, 0.5) is 8.78 Å². The summed E-state index contributed by atoms with van der Waals surface area (Å²) in [7, 11) is 1.66. The average molecular weight is 224 g/mol. The van der Waals surface area contributed by atoms with Crippen molar-refractivity contribution in [2.75, 3.05) is 26.7 Å². The summed E-state index contributed by atoms with van der Waals surface area (Å²) in [6.07, 6.45) is -0.203. The first kappa shape index (κ1) is 14.7. The van der Waals surface area contributed by atoms with Gasteiger partial charge < -0.3 is 15.7 Å². The zero-order valence-corrected chi connectivity index (χ0v) is 9.55. The Kier molecular flexibility index (Phi) is 6.96. The van der Waals surface area contributed by atoms with Gasteiger partial charge in [-0.1, -0.05) is 6.92 Å². The predicted molar refractivity (Wildman–Crippen MR) is 57.0 cm³/mol. The van der Waals surface area contributed by atoms with Gasteiger partial charge >= 0.3 is 0 Å². The van der Waals surface area contributed by atoms with Crippen LogP contribution in [-0.2, 0) is 0 Å². The van der Waals surface area contributed by atoms with Crippen molar-refractivity contribution in [3.8, 4) is 0 Å². The number of nitrogens with two attached hydrogens (primary N) is 1. The van der Waals surface area contributed by atoms with E-state index in [4.69, 9.17) is 10.8 Å². The molecule has 0 radical (unpaired) electrons. The molecule has 0 aliphatic rings. The van der Waals surface area contributed by atoms with Crippen LogP contribution in [-0.4, -0.2) is 48.7 Å². The minimum atomic E-state index is -2.29. The fraction of sp³-hybridized carbons (Fsp3) is 1.00. The second kappa shape index (κ2) is 7.09. The highest BCUT2D eigenvalue weighted by atomic mass is 19.3. The van der Waals surface area contributed by atoms with Gasteiger partial charge in [-0.3, -0.25) is 0 Å². The summed E-state index contributed by atoms with van der Waals surface area (Å²) in [5.74, 6) is 0. The van der Waals surface area contributed by atoms with E-state index in [2.05, 4.69) is 0 Å². The van der Waals surface area contributed by atoms with Gasteiger partial charge in [-0.05, 0) is 32.9 Å². The van der Waals surface area contributed by atoms with E-state index in [1.807, 2.05) is 6.92 Å². The maximum Gasteiger partial charge on any atom is 0.251 e. The number of alkyl halides is 2. The minimum Gasteiger partial charge on any atom is -0.394 e. The molecule has 15 heavy (non-hydrogen) atoms. The summed E-state index contributed by atoms with van der Waals surface area (Å²) < 4.78 is 23.9. The van der Waals surface area contributed by atoms with E-state index in [1.54, 1.807) is 11.9 Å². The number of aliphatic hydroxyl groups is 1. The maximum atomic E-state index is 12.0. The van der Waals surface area contributed by atoms with Crippen molar-refractivity contribution in [1.29, 1.82) is 0 Å². The lowest BCUT2D eigenvalue weighted by Crippen LogP contribution is -2.43. The zero-order chi connectivity index (χ0) is 11.9. The quantitative estimate of drug-likeness (QED) is 0.648. The molecule has 0 spiro atoms. The normalized spacial score (nSPS) is 16.0. The van der Waals surface area contributed by atoms with E-state index in [9.17, 15) is 8.78 Å². The lowest BCUT2D eigenvalue weighted by Gasteiger charge is -2.26. The smallest absolute Gasteiger partial charge is 0.251 e. The van der Waals surface area contributed by atoms with Crippen LogP contribution in [0, 0.1) is 0 Å². The lowest BCUT2D eigenvalue weighted by atomic mass is 9.92. The van der Waals surface area contributed by atoms with Crippen molar-refractivity contribution >= 4 is 0 Å². The Balaban J connectivity index is 3.68. The van der Waals surface area contributed by atoms with Gasteiger partial charge in [0.2, 0.25) is 0 Å². The molecule has 0 rings (SSSR count). The van der Waals surface area contributed by atoms with Crippen LogP contribution < -0.4 is 5.73 Å². The fourth-order valence-electron chi connectivity index (χ4n) is 1.40.